The lowest BCUT2D eigenvalue weighted by molar-refractivity contribution is 0.0998. The molecular formula is C33H34FN5O5S. The number of sulfonamides is 1. The van der Waals surface area contributed by atoms with Gasteiger partial charge in [-0.3, -0.25) is 19.3 Å². The highest BCUT2D eigenvalue weighted by molar-refractivity contribution is 7.92. The third kappa shape index (κ3) is 8.58. The van der Waals surface area contributed by atoms with E-state index in [2.05, 4.69) is 14.9 Å². The Bertz CT molecular complexity index is 1740. The molecule has 1 fully saturated rings. The number of hydrogen-bond donors (Lipinski definition) is 3. The molecule has 4 N–H and O–H groups in total. The quantitative estimate of drug-likeness (QED) is 0.203. The fourth-order valence-corrected chi connectivity index (χ4v) is 5.83. The van der Waals surface area contributed by atoms with Gasteiger partial charge < -0.3 is 15.8 Å². The van der Waals surface area contributed by atoms with E-state index < -0.39 is 15.9 Å². The second-order valence-electron chi connectivity index (χ2n) is 10.8. The number of ether oxygens (including phenoxy) is 1. The summed E-state index contributed by atoms with van der Waals surface area (Å²) in [6.07, 6.45) is 2.56. The molecule has 45 heavy (non-hydrogen) atoms. The minimum Gasteiger partial charge on any atom is -0.457 e. The lowest BCUT2D eigenvalue weighted by atomic mass is 10.0. The number of urea groups is 1. The lowest BCUT2D eigenvalue weighted by Gasteiger charge is -2.38. The summed E-state index contributed by atoms with van der Waals surface area (Å²) in [6, 6.07) is 26.8. The molecule has 0 atom stereocenters. The molecule has 12 heteroatoms. The highest BCUT2D eigenvalue weighted by Gasteiger charge is 2.29. The maximum Gasteiger partial charge on any atom is 0.326 e. The number of hydrogen-bond acceptors (Lipinski definition) is 6. The maximum absolute atomic E-state index is 13.4. The van der Waals surface area contributed by atoms with E-state index in [1.165, 1.54) is 30.3 Å². The molecule has 0 aromatic heterocycles. The molecule has 0 bridgehead atoms. The topological polar surface area (TPSA) is 134 Å². The van der Waals surface area contributed by atoms with E-state index in [0.717, 1.165) is 43.4 Å². The Morgan fingerprint density at radius 3 is 2.20 bits per heavy atom. The summed E-state index contributed by atoms with van der Waals surface area (Å²) >= 11 is 0. The van der Waals surface area contributed by atoms with Crippen molar-refractivity contribution in [2.75, 3.05) is 34.3 Å². The third-order valence-electron chi connectivity index (χ3n) is 7.38. The molecule has 234 valence electrons. The number of anilines is 3. The number of amides is 3. The zero-order valence-corrected chi connectivity index (χ0v) is 25.5. The first-order valence-corrected chi connectivity index (χ1v) is 16.2. The van der Waals surface area contributed by atoms with E-state index in [4.69, 9.17) is 10.5 Å². The molecule has 4 aromatic carbocycles. The Kier molecular flexibility index (Phi) is 9.65. The predicted molar refractivity (Wildman–Crippen MR) is 173 cm³/mol. The van der Waals surface area contributed by atoms with Crippen molar-refractivity contribution in [1.29, 1.82) is 0 Å². The van der Waals surface area contributed by atoms with Gasteiger partial charge in [0.15, 0.2) is 0 Å². The number of carbonyl (C=O) groups is 2. The lowest BCUT2D eigenvalue weighted by Crippen LogP contribution is -2.49. The second-order valence-corrected chi connectivity index (χ2v) is 12.6. The first-order valence-electron chi connectivity index (χ1n) is 14.4. The van der Waals surface area contributed by atoms with E-state index in [1.807, 2.05) is 42.5 Å². The Balaban J connectivity index is 1.20. The van der Waals surface area contributed by atoms with Crippen LogP contribution in [-0.2, 0) is 16.6 Å². The third-order valence-corrected chi connectivity index (χ3v) is 7.98. The van der Waals surface area contributed by atoms with Gasteiger partial charge in [0.1, 0.15) is 17.3 Å². The first kappa shape index (κ1) is 31.5. The number of nitrogens with two attached hydrogens (primary N) is 1. The van der Waals surface area contributed by atoms with Crippen LogP contribution in [0.15, 0.2) is 97.1 Å². The minimum atomic E-state index is -3.52. The molecule has 10 nitrogen and oxygen atoms in total. The first-order chi connectivity index (χ1) is 21.5. The molecule has 0 aliphatic carbocycles. The van der Waals surface area contributed by atoms with Gasteiger partial charge in [-0.2, -0.15) is 0 Å². The standard InChI is InChI=1S/C33H34FN5O5S/c1-45(42,43)37-26-13-16-31(30(21-26)32(35)40)44-29-14-7-23(8-15-29)22-38-19-17-28(18-20-38)39(27-5-3-2-4-6-27)33(41)36-25-11-9-24(34)10-12-25/h2-16,21,28,37H,17-20,22H2,1H3,(H2,35,40)(H,36,41). The second kappa shape index (κ2) is 13.8. The molecule has 1 saturated heterocycles. The van der Waals surface area contributed by atoms with Gasteiger partial charge in [-0.15, -0.1) is 0 Å². The summed E-state index contributed by atoms with van der Waals surface area (Å²) in [5, 5.41) is 2.90. The number of para-hydroxylation sites is 1. The maximum atomic E-state index is 13.4. The fourth-order valence-electron chi connectivity index (χ4n) is 5.27. The van der Waals surface area contributed by atoms with Crippen molar-refractivity contribution in [1.82, 2.24) is 4.90 Å². The number of piperidine rings is 1. The van der Waals surface area contributed by atoms with Crippen LogP contribution in [0.2, 0.25) is 0 Å². The van der Waals surface area contributed by atoms with Crippen LogP contribution in [0.4, 0.5) is 26.2 Å². The van der Waals surface area contributed by atoms with Crippen LogP contribution >= 0.6 is 0 Å². The van der Waals surface area contributed by atoms with Crippen molar-refractivity contribution in [3.05, 3.63) is 114 Å². The SMILES string of the molecule is CS(=O)(=O)Nc1ccc(Oc2ccc(CN3CCC(N(C(=O)Nc4ccc(F)cc4)c4ccccc4)CC3)cc2)c(C(N)=O)c1. The number of benzene rings is 4. The van der Waals surface area contributed by atoms with Crippen molar-refractivity contribution in [2.24, 2.45) is 5.73 Å². The van der Waals surface area contributed by atoms with E-state index in [9.17, 15) is 22.4 Å². The van der Waals surface area contributed by atoms with Gasteiger partial charge >= 0.3 is 6.03 Å². The molecule has 5 rings (SSSR count). The van der Waals surface area contributed by atoms with Crippen molar-refractivity contribution >= 4 is 39.0 Å². The minimum absolute atomic E-state index is 0.0154. The summed E-state index contributed by atoms with van der Waals surface area (Å²) < 4.78 is 44.7. The number of carbonyl (C=O) groups excluding carboxylic acids is 2. The highest BCUT2D eigenvalue weighted by Crippen LogP contribution is 2.30. The summed E-state index contributed by atoms with van der Waals surface area (Å²) in [5.74, 6) is -0.408. The Morgan fingerprint density at radius 1 is 0.933 bits per heavy atom. The molecule has 0 saturated carbocycles. The number of nitrogens with zero attached hydrogens (tertiary/aromatic N) is 2. The highest BCUT2D eigenvalue weighted by atomic mass is 32.2. The van der Waals surface area contributed by atoms with Crippen molar-refractivity contribution in [3.63, 3.8) is 0 Å². The van der Waals surface area contributed by atoms with Crippen LogP contribution in [0.3, 0.4) is 0 Å². The zero-order chi connectivity index (χ0) is 32.0. The average Bonchev–Trinajstić information content (AvgIpc) is 3.01. The normalized spacial score (nSPS) is 14.0. The van der Waals surface area contributed by atoms with Gasteiger partial charge in [-0.25, -0.2) is 17.6 Å². The Morgan fingerprint density at radius 2 is 1.58 bits per heavy atom. The number of nitrogens with one attached hydrogen (secondary N) is 2. The molecule has 0 spiro atoms. The van der Waals surface area contributed by atoms with Gasteiger partial charge in [0, 0.05) is 42.7 Å². The van der Waals surface area contributed by atoms with Crippen LogP contribution in [-0.4, -0.2) is 50.6 Å². The van der Waals surface area contributed by atoms with E-state index >= 15 is 0 Å². The molecule has 1 aliphatic heterocycles. The zero-order valence-electron chi connectivity index (χ0n) is 24.6. The predicted octanol–water partition coefficient (Wildman–Crippen LogP) is 5.79. The monoisotopic (exact) mass is 631 g/mol. The van der Waals surface area contributed by atoms with Crippen LogP contribution in [0.5, 0.6) is 11.5 Å². The Labute approximate surface area is 261 Å². The van der Waals surface area contributed by atoms with Gasteiger partial charge in [0.05, 0.1) is 11.8 Å². The number of primary amides is 1. The number of halogens is 1. The van der Waals surface area contributed by atoms with Gasteiger partial charge in [-0.05, 0) is 85.1 Å². The van der Waals surface area contributed by atoms with E-state index in [-0.39, 0.29) is 34.9 Å². The molecular weight excluding hydrogens is 597 g/mol. The van der Waals surface area contributed by atoms with Crippen molar-refractivity contribution in [2.45, 2.75) is 25.4 Å². The molecule has 0 radical (unpaired) electrons. The average molecular weight is 632 g/mol. The van der Waals surface area contributed by atoms with Gasteiger partial charge in [-0.1, -0.05) is 30.3 Å². The number of rotatable bonds is 10. The largest absolute Gasteiger partial charge is 0.457 e. The molecule has 1 heterocycles. The molecule has 3 amide bonds. The van der Waals surface area contributed by atoms with Gasteiger partial charge in [0.2, 0.25) is 10.0 Å². The van der Waals surface area contributed by atoms with Crippen LogP contribution in [0.25, 0.3) is 0 Å². The van der Waals surface area contributed by atoms with Crippen LogP contribution < -0.4 is 25.4 Å². The summed E-state index contributed by atoms with van der Waals surface area (Å²) in [6.45, 7) is 2.27. The molecule has 1 aliphatic rings. The van der Waals surface area contributed by atoms with E-state index in [1.54, 1.807) is 29.2 Å². The summed E-state index contributed by atoms with van der Waals surface area (Å²) in [7, 11) is -3.52. The van der Waals surface area contributed by atoms with Crippen molar-refractivity contribution in [3.8, 4) is 11.5 Å². The smallest absolute Gasteiger partial charge is 0.326 e. The summed E-state index contributed by atoms with van der Waals surface area (Å²) in [5.41, 5.74) is 8.15. The molecule has 4 aromatic rings. The van der Waals surface area contributed by atoms with Gasteiger partial charge in [0.25, 0.3) is 5.91 Å². The summed E-state index contributed by atoms with van der Waals surface area (Å²) in [4.78, 5) is 29.5. The van der Waals surface area contributed by atoms with E-state index in [0.29, 0.717) is 18.0 Å². The van der Waals surface area contributed by atoms with Crippen molar-refractivity contribution < 1.29 is 27.1 Å². The molecule has 0 unspecified atom stereocenters. The van der Waals surface area contributed by atoms with Crippen LogP contribution in [0.1, 0.15) is 28.8 Å². The Hall–Kier alpha value is -4.94. The fraction of sp³-hybridized carbons (Fsp3) is 0.212. The van der Waals surface area contributed by atoms with Crippen LogP contribution in [0, 0.1) is 5.82 Å². The number of likely N-dealkylation sites (tertiary alicyclic amines) is 1.